The number of aliphatic hydroxyl groups excluding tert-OH is 6. The highest BCUT2D eigenvalue weighted by Gasteiger charge is 2.50. The van der Waals surface area contributed by atoms with Gasteiger partial charge in [0.15, 0.2) is 12.6 Å². The molecule has 2 rings (SSSR count). The van der Waals surface area contributed by atoms with E-state index in [0.717, 1.165) is 0 Å². The van der Waals surface area contributed by atoms with Crippen molar-refractivity contribution in [3.8, 4) is 0 Å². The lowest BCUT2D eigenvalue weighted by atomic mass is 9.97. The molecule has 2 heterocycles. The van der Waals surface area contributed by atoms with Crippen LogP contribution in [0.15, 0.2) is 0 Å². The summed E-state index contributed by atoms with van der Waals surface area (Å²) in [5.74, 6) is 0.403. The van der Waals surface area contributed by atoms with Crippen molar-refractivity contribution in [2.24, 2.45) is 0 Å². The van der Waals surface area contributed by atoms with E-state index in [9.17, 15) is 30.6 Å². The van der Waals surface area contributed by atoms with Gasteiger partial charge >= 0.3 is 0 Å². The second-order valence-electron chi connectivity index (χ2n) is 6.10. The van der Waals surface area contributed by atoms with Gasteiger partial charge in [-0.1, -0.05) is 0 Å². The van der Waals surface area contributed by atoms with Gasteiger partial charge < -0.3 is 49.6 Å². The first-order valence-corrected chi connectivity index (χ1v) is 9.43. The number of aliphatic hydroxyl groups is 6. The summed E-state index contributed by atoms with van der Waals surface area (Å²) in [4.78, 5) is 0. The topological polar surface area (TPSA) is 158 Å². The maximum atomic E-state index is 10.3. The Morgan fingerprint density at radius 1 is 0.769 bits per heavy atom. The van der Waals surface area contributed by atoms with Crippen LogP contribution < -0.4 is 0 Å². The molecule has 0 aromatic rings. The van der Waals surface area contributed by atoms with Gasteiger partial charge in [0.1, 0.15) is 42.7 Å². The van der Waals surface area contributed by atoms with Gasteiger partial charge in [-0.3, -0.25) is 0 Å². The van der Waals surface area contributed by atoms with E-state index in [1.807, 2.05) is 0 Å². The minimum absolute atomic E-state index is 0.0419. The largest absolute Gasteiger partial charge is 0.394 e. The zero-order valence-electron chi connectivity index (χ0n) is 13.8. The molecule has 0 aromatic carbocycles. The van der Waals surface area contributed by atoms with E-state index in [2.05, 4.69) is 25.3 Å². The summed E-state index contributed by atoms with van der Waals surface area (Å²) in [7, 11) is 0. The molecule has 2 aliphatic rings. The molecule has 0 spiro atoms. The number of ether oxygens (including phenoxy) is 4. The van der Waals surface area contributed by atoms with Crippen molar-refractivity contribution in [3.63, 3.8) is 0 Å². The normalized spacial score (nSPS) is 47.1. The Morgan fingerprint density at radius 2 is 1.38 bits per heavy atom. The van der Waals surface area contributed by atoms with Crippen molar-refractivity contribution >= 4 is 25.3 Å². The molecule has 6 N–H and O–H groups in total. The van der Waals surface area contributed by atoms with Crippen molar-refractivity contribution in [3.05, 3.63) is 0 Å². The quantitative estimate of drug-likeness (QED) is 0.195. The predicted octanol–water partition coefficient (Wildman–Crippen LogP) is -3.51. The van der Waals surface area contributed by atoms with Crippen molar-refractivity contribution in [2.75, 3.05) is 24.7 Å². The van der Waals surface area contributed by atoms with Crippen molar-refractivity contribution < 1.29 is 49.6 Å². The van der Waals surface area contributed by atoms with Crippen molar-refractivity contribution in [2.45, 2.75) is 61.4 Å². The maximum absolute atomic E-state index is 10.3. The van der Waals surface area contributed by atoms with E-state index in [1.54, 1.807) is 0 Å². The summed E-state index contributed by atoms with van der Waals surface area (Å²) in [5, 5.41) is 59.8. The minimum Gasteiger partial charge on any atom is -0.394 e. The van der Waals surface area contributed by atoms with Crippen LogP contribution in [0.4, 0.5) is 0 Å². The van der Waals surface area contributed by atoms with Gasteiger partial charge in [0.2, 0.25) is 0 Å². The van der Waals surface area contributed by atoms with Crippen LogP contribution in [0.5, 0.6) is 0 Å². The molecule has 12 heteroatoms. The summed E-state index contributed by atoms with van der Waals surface area (Å²) < 4.78 is 21.5. The molecular weight excluding hydrogens is 392 g/mol. The van der Waals surface area contributed by atoms with Gasteiger partial charge in [0, 0.05) is 11.5 Å². The third-order valence-corrected chi connectivity index (χ3v) is 4.88. The molecule has 10 unspecified atom stereocenters. The lowest BCUT2D eigenvalue weighted by molar-refractivity contribution is -0.355. The van der Waals surface area contributed by atoms with Crippen molar-refractivity contribution in [1.29, 1.82) is 0 Å². The molecule has 0 bridgehead atoms. The lowest BCUT2D eigenvalue weighted by Gasteiger charge is -2.46. The predicted molar refractivity (Wildman–Crippen MR) is 93.0 cm³/mol. The third-order valence-electron chi connectivity index (χ3n) is 4.33. The van der Waals surface area contributed by atoms with Crippen LogP contribution >= 0.6 is 25.3 Å². The van der Waals surface area contributed by atoms with Gasteiger partial charge in [-0.25, -0.2) is 0 Å². The highest BCUT2D eigenvalue weighted by Crippen LogP contribution is 2.29. The first kappa shape index (κ1) is 22.6. The monoisotopic (exact) mass is 418 g/mol. The minimum atomic E-state index is -1.62. The molecule has 0 amide bonds. The van der Waals surface area contributed by atoms with Gasteiger partial charge in [-0.2, -0.15) is 25.3 Å². The molecule has 0 aliphatic carbocycles. The van der Waals surface area contributed by atoms with Crippen LogP contribution in [0.3, 0.4) is 0 Å². The summed E-state index contributed by atoms with van der Waals surface area (Å²) in [6.45, 7) is -0.418. The molecule has 0 radical (unpaired) electrons. The highest BCUT2D eigenvalue weighted by atomic mass is 32.1. The second kappa shape index (κ2) is 10.2. The molecule has 0 saturated carbocycles. The fourth-order valence-electron chi connectivity index (χ4n) is 2.86. The Hall–Kier alpha value is 0.300. The lowest BCUT2D eigenvalue weighted by Crippen LogP contribution is -2.64. The van der Waals surface area contributed by atoms with E-state index in [1.165, 1.54) is 0 Å². The van der Waals surface area contributed by atoms with Gasteiger partial charge in [0.25, 0.3) is 0 Å². The number of hydrogen-bond donors (Lipinski definition) is 8. The molecule has 154 valence electrons. The Balaban J connectivity index is 2.09. The zero-order valence-corrected chi connectivity index (χ0v) is 15.6. The van der Waals surface area contributed by atoms with E-state index < -0.39 is 68.0 Å². The molecule has 2 aliphatic heterocycles. The van der Waals surface area contributed by atoms with Gasteiger partial charge in [0.05, 0.1) is 19.3 Å². The summed E-state index contributed by atoms with van der Waals surface area (Å²) in [6, 6.07) is 0. The standard InChI is InChI=1S/C14H26O10S2/c15-3-5-12(9(18)11(20)13(22-5)21-1-2-25)24-14-10(19)8(17)7(16)6(4-26)23-14/h5-20,25-26H,1-4H2. The van der Waals surface area contributed by atoms with Crippen molar-refractivity contribution in [1.82, 2.24) is 0 Å². The zero-order chi connectivity index (χ0) is 19.4. The van der Waals surface area contributed by atoms with Crippen LogP contribution in [-0.4, -0.2) is 117 Å². The average molecular weight is 418 g/mol. The molecule has 10 atom stereocenters. The third kappa shape index (κ3) is 4.82. The number of thiol groups is 2. The Kier molecular flexibility index (Phi) is 8.85. The number of hydrogen-bond acceptors (Lipinski definition) is 12. The van der Waals surface area contributed by atoms with Gasteiger partial charge in [-0.05, 0) is 0 Å². The summed E-state index contributed by atoms with van der Waals surface area (Å²) in [6.07, 6.45) is -13.5. The van der Waals surface area contributed by atoms with Crippen LogP contribution in [0.1, 0.15) is 0 Å². The van der Waals surface area contributed by atoms with Crippen LogP contribution in [0, 0.1) is 0 Å². The average Bonchev–Trinajstić information content (AvgIpc) is 2.64. The molecule has 2 fully saturated rings. The molecular formula is C14H26O10S2. The number of rotatable bonds is 7. The summed E-state index contributed by atoms with van der Waals surface area (Å²) >= 11 is 7.97. The van der Waals surface area contributed by atoms with Crippen LogP contribution in [0.2, 0.25) is 0 Å². The van der Waals surface area contributed by atoms with E-state index >= 15 is 0 Å². The Bertz CT molecular complexity index is 429. The second-order valence-corrected chi connectivity index (χ2v) is 6.91. The molecule has 2 saturated heterocycles. The smallest absolute Gasteiger partial charge is 0.187 e. The molecule has 26 heavy (non-hydrogen) atoms. The van der Waals surface area contributed by atoms with Gasteiger partial charge in [-0.15, -0.1) is 0 Å². The molecule has 10 nitrogen and oxygen atoms in total. The Morgan fingerprint density at radius 3 is 1.96 bits per heavy atom. The fourth-order valence-corrected chi connectivity index (χ4v) is 3.27. The van der Waals surface area contributed by atoms with E-state index in [0.29, 0.717) is 5.75 Å². The van der Waals surface area contributed by atoms with Crippen LogP contribution in [0.25, 0.3) is 0 Å². The van der Waals surface area contributed by atoms with E-state index in [-0.39, 0.29) is 12.4 Å². The first-order chi connectivity index (χ1) is 12.3. The molecule has 0 aromatic heterocycles. The summed E-state index contributed by atoms with van der Waals surface area (Å²) in [5.41, 5.74) is 0. The van der Waals surface area contributed by atoms with E-state index in [4.69, 9.17) is 18.9 Å². The fraction of sp³-hybridized carbons (Fsp3) is 1.00. The maximum Gasteiger partial charge on any atom is 0.187 e. The highest BCUT2D eigenvalue weighted by molar-refractivity contribution is 7.80. The van der Waals surface area contributed by atoms with Crippen LogP contribution in [-0.2, 0) is 18.9 Å². The Labute approximate surface area is 161 Å². The first-order valence-electron chi connectivity index (χ1n) is 8.16. The SMILES string of the molecule is OCC1OC(OCCS)C(O)C(O)C1OC1OC(CS)C(O)C(O)C1O.